The lowest BCUT2D eigenvalue weighted by atomic mass is 10.0. The molecule has 0 unspecified atom stereocenters. The van der Waals surface area contributed by atoms with Crippen LogP contribution in [-0.2, 0) is 32.6 Å². The van der Waals surface area contributed by atoms with Gasteiger partial charge in [0.25, 0.3) is 0 Å². The molecule has 1 N–H and O–H groups in total. The highest BCUT2D eigenvalue weighted by Gasteiger charge is 2.33. The van der Waals surface area contributed by atoms with Crippen molar-refractivity contribution < 1.29 is 27.1 Å². The number of halogens is 1. The topological polar surface area (TPSA) is 96.0 Å². The fourth-order valence-electron chi connectivity index (χ4n) is 4.28. The van der Waals surface area contributed by atoms with Crippen molar-refractivity contribution in [1.29, 1.82) is 0 Å². The van der Waals surface area contributed by atoms with E-state index in [-0.39, 0.29) is 30.3 Å². The Morgan fingerprint density at radius 3 is 2.23 bits per heavy atom. The van der Waals surface area contributed by atoms with Gasteiger partial charge in [-0.2, -0.15) is 0 Å². The number of hydrogen-bond acceptors (Lipinski definition) is 5. The van der Waals surface area contributed by atoms with E-state index in [9.17, 15) is 22.4 Å². The van der Waals surface area contributed by atoms with Gasteiger partial charge < -0.3 is 15.0 Å². The first-order valence-corrected chi connectivity index (χ1v) is 14.9. The number of methoxy groups -OCH3 is 1. The second kappa shape index (κ2) is 14.5. The molecule has 3 aromatic carbocycles. The average Bonchev–Trinajstić information content (AvgIpc) is 2.94. The van der Waals surface area contributed by atoms with Crippen LogP contribution >= 0.6 is 0 Å². The molecule has 0 saturated carbocycles. The van der Waals surface area contributed by atoms with Gasteiger partial charge in [0.15, 0.2) is 0 Å². The van der Waals surface area contributed by atoms with Gasteiger partial charge in [-0.3, -0.25) is 13.9 Å². The Morgan fingerprint density at radius 1 is 0.950 bits per heavy atom. The number of nitrogens with one attached hydrogen (secondary N) is 1. The number of ether oxygens (including phenoxy) is 1. The summed E-state index contributed by atoms with van der Waals surface area (Å²) in [4.78, 5) is 29.0. The lowest BCUT2D eigenvalue weighted by Gasteiger charge is -2.33. The fraction of sp³-hybridized carbons (Fsp3) is 0.333. The molecular formula is C30H36FN3O5S. The minimum absolute atomic E-state index is 0.0265. The minimum Gasteiger partial charge on any atom is -0.495 e. The van der Waals surface area contributed by atoms with Crippen molar-refractivity contribution in [3.8, 4) is 5.75 Å². The lowest BCUT2D eigenvalue weighted by Crippen LogP contribution is -2.53. The number of nitrogens with zero attached hydrogens (tertiary/aromatic N) is 2. The molecule has 0 radical (unpaired) electrons. The number of unbranched alkanes of at least 4 members (excludes halogenated alkanes) is 1. The Bertz CT molecular complexity index is 1370. The molecule has 214 valence electrons. The van der Waals surface area contributed by atoms with E-state index in [0.717, 1.165) is 29.0 Å². The highest BCUT2D eigenvalue weighted by atomic mass is 32.2. The van der Waals surface area contributed by atoms with Gasteiger partial charge in [0.1, 0.15) is 24.2 Å². The van der Waals surface area contributed by atoms with Crippen molar-refractivity contribution in [2.45, 2.75) is 38.8 Å². The standard InChI is InChI=1S/C30H36FN3O5S/c1-4-5-19-32-30(36)27(20-23-11-7-6-8-12-23)33(21-24-15-17-25(31)18-16-24)29(35)22-34(40(3,37)38)26-13-9-10-14-28(26)39-2/h6-18,27H,4-5,19-22H2,1-3H3,(H,32,36)/t27-/m0/s1. The van der Waals surface area contributed by atoms with Gasteiger partial charge in [0.05, 0.1) is 19.1 Å². The summed E-state index contributed by atoms with van der Waals surface area (Å²) < 4.78 is 45.8. The quantitative estimate of drug-likeness (QED) is 0.294. The third-order valence-electron chi connectivity index (χ3n) is 6.40. The fourth-order valence-corrected chi connectivity index (χ4v) is 5.13. The van der Waals surface area contributed by atoms with Gasteiger partial charge >= 0.3 is 0 Å². The molecule has 0 aromatic heterocycles. The molecule has 40 heavy (non-hydrogen) atoms. The van der Waals surface area contributed by atoms with Gasteiger partial charge in [0, 0.05) is 19.5 Å². The number of anilines is 1. The number of amides is 2. The number of benzene rings is 3. The summed E-state index contributed by atoms with van der Waals surface area (Å²) in [5.74, 6) is -1.09. The Hall–Kier alpha value is -3.92. The number of carbonyl (C=O) groups excluding carboxylic acids is 2. The number of carbonyl (C=O) groups is 2. The van der Waals surface area contributed by atoms with Crippen molar-refractivity contribution in [3.63, 3.8) is 0 Å². The predicted octanol–water partition coefficient (Wildman–Crippen LogP) is 4.16. The van der Waals surface area contributed by atoms with E-state index in [2.05, 4.69) is 5.32 Å². The molecule has 1 atom stereocenters. The summed E-state index contributed by atoms with van der Waals surface area (Å²) in [6, 6.07) is 20.5. The predicted molar refractivity (Wildman–Crippen MR) is 154 cm³/mol. The van der Waals surface area contributed by atoms with Crippen LogP contribution in [0.3, 0.4) is 0 Å². The van der Waals surface area contributed by atoms with Crippen LogP contribution < -0.4 is 14.4 Å². The van der Waals surface area contributed by atoms with Crippen LogP contribution in [-0.4, -0.2) is 57.6 Å². The summed E-state index contributed by atoms with van der Waals surface area (Å²) in [5, 5.41) is 2.92. The zero-order valence-corrected chi connectivity index (χ0v) is 23.9. The summed E-state index contributed by atoms with van der Waals surface area (Å²) in [5.41, 5.74) is 1.63. The van der Waals surface area contributed by atoms with Crippen LogP contribution in [0.1, 0.15) is 30.9 Å². The van der Waals surface area contributed by atoms with Crippen LogP contribution in [0.4, 0.5) is 10.1 Å². The van der Waals surface area contributed by atoms with Crippen molar-refractivity contribution in [1.82, 2.24) is 10.2 Å². The van der Waals surface area contributed by atoms with Crippen LogP contribution in [0.2, 0.25) is 0 Å². The normalized spacial score (nSPS) is 11.9. The second-order valence-electron chi connectivity index (χ2n) is 9.44. The number of para-hydroxylation sites is 2. The highest BCUT2D eigenvalue weighted by molar-refractivity contribution is 7.92. The molecule has 0 spiro atoms. The van der Waals surface area contributed by atoms with Crippen LogP contribution in [0.5, 0.6) is 5.75 Å². The van der Waals surface area contributed by atoms with E-state index in [1.165, 1.54) is 24.1 Å². The molecule has 3 rings (SSSR count). The zero-order valence-electron chi connectivity index (χ0n) is 23.0. The first-order valence-electron chi connectivity index (χ1n) is 13.1. The Balaban J connectivity index is 2.05. The summed E-state index contributed by atoms with van der Waals surface area (Å²) >= 11 is 0. The molecular weight excluding hydrogens is 533 g/mol. The zero-order chi connectivity index (χ0) is 29.1. The van der Waals surface area contributed by atoms with E-state index in [1.807, 2.05) is 37.3 Å². The minimum atomic E-state index is -3.92. The van der Waals surface area contributed by atoms with Crippen molar-refractivity contribution >= 4 is 27.5 Å². The maximum atomic E-state index is 14.0. The molecule has 0 aliphatic rings. The van der Waals surface area contributed by atoms with Crippen molar-refractivity contribution in [2.24, 2.45) is 0 Å². The summed E-state index contributed by atoms with van der Waals surface area (Å²) in [6.45, 7) is 1.86. The lowest BCUT2D eigenvalue weighted by molar-refractivity contribution is -0.140. The number of rotatable bonds is 14. The first-order chi connectivity index (χ1) is 19.1. The second-order valence-corrected chi connectivity index (χ2v) is 11.3. The highest BCUT2D eigenvalue weighted by Crippen LogP contribution is 2.30. The largest absolute Gasteiger partial charge is 0.495 e. The van der Waals surface area contributed by atoms with E-state index >= 15 is 0 Å². The smallest absolute Gasteiger partial charge is 0.244 e. The molecule has 2 amide bonds. The van der Waals surface area contributed by atoms with E-state index in [4.69, 9.17) is 4.74 Å². The van der Waals surface area contributed by atoms with E-state index in [0.29, 0.717) is 12.1 Å². The van der Waals surface area contributed by atoms with Crippen LogP contribution in [0.25, 0.3) is 0 Å². The van der Waals surface area contributed by atoms with Gasteiger partial charge in [0.2, 0.25) is 21.8 Å². The van der Waals surface area contributed by atoms with Crippen molar-refractivity contribution in [2.75, 3.05) is 30.8 Å². The van der Waals surface area contributed by atoms with E-state index < -0.39 is 34.3 Å². The Kier molecular flexibility index (Phi) is 11.1. The first kappa shape index (κ1) is 30.6. The monoisotopic (exact) mass is 569 g/mol. The Labute approximate surface area is 235 Å². The summed E-state index contributed by atoms with van der Waals surface area (Å²) in [7, 11) is -2.51. The molecule has 0 heterocycles. The van der Waals surface area contributed by atoms with Crippen LogP contribution in [0.15, 0.2) is 78.9 Å². The van der Waals surface area contributed by atoms with Crippen molar-refractivity contribution in [3.05, 3.63) is 95.8 Å². The SMILES string of the molecule is CCCCNC(=O)[C@H](Cc1ccccc1)N(Cc1ccc(F)cc1)C(=O)CN(c1ccccc1OC)S(C)(=O)=O. The molecule has 10 heteroatoms. The number of hydrogen-bond donors (Lipinski definition) is 1. The van der Waals surface area contributed by atoms with E-state index in [1.54, 1.807) is 36.4 Å². The molecule has 0 fully saturated rings. The van der Waals surface area contributed by atoms with Crippen LogP contribution in [0, 0.1) is 5.82 Å². The summed E-state index contributed by atoms with van der Waals surface area (Å²) in [6.07, 6.45) is 2.87. The third-order valence-corrected chi connectivity index (χ3v) is 7.53. The molecule has 0 bridgehead atoms. The maximum absolute atomic E-state index is 14.0. The molecule has 0 saturated heterocycles. The average molecular weight is 570 g/mol. The molecule has 0 aliphatic heterocycles. The van der Waals surface area contributed by atoms with Gasteiger partial charge in [-0.15, -0.1) is 0 Å². The molecule has 3 aromatic rings. The maximum Gasteiger partial charge on any atom is 0.244 e. The van der Waals surface area contributed by atoms with Gasteiger partial charge in [-0.1, -0.05) is 67.9 Å². The number of sulfonamides is 1. The van der Waals surface area contributed by atoms with Gasteiger partial charge in [-0.25, -0.2) is 12.8 Å². The third kappa shape index (κ3) is 8.54. The Morgan fingerprint density at radius 2 is 1.60 bits per heavy atom. The molecule has 0 aliphatic carbocycles. The van der Waals surface area contributed by atoms with Gasteiger partial charge in [-0.05, 0) is 41.8 Å². The molecule has 8 nitrogen and oxygen atoms in total.